The number of hydrogen-bond acceptors (Lipinski definition) is 3. The van der Waals surface area contributed by atoms with Crippen LogP contribution in [0.5, 0.6) is 0 Å². The monoisotopic (exact) mass is 284 g/mol. The smallest absolute Gasteiger partial charge is 0.220 e. The number of carbonyl (C=O) groups excluding carboxylic acids is 1. The zero-order chi connectivity index (χ0) is 15.1. The Bertz CT molecular complexity index is 594. The van der Waals surface area contributed by atoms with Crippen molar-refractivity contribution in [2.75, 3.05) is 5.73 Å². The van der Waals surface area contributed by atoms with Gasteiger partial charge in [0.15, 0.2) is 0 Å². The number of nitrogens with two attached hydrogens (primary N) is 1. The molecule has 0 saturated carbocycles. The van der Waals surface area contributed by atoms with Gasteiger partial charge in [-0.05, 0) is 35.2 Å². The summed E-state index contributed by atoms with van der Waals surface area (Å²) in [7, 11) is 0. The molecule has 4 heteroatoms. The largest absolute Gasteiger partial charge is 0.399 e. The number of benzene rings is 2. The maximum atomic E-state index is 11.8. The fraction of sp³-hybridized carbons (Fsp3) is 0.235. The third-order valence-electron chi connectivity index (χ3n) is 3.28. The molecule has 0 aromatic heterocycles. The van der Waals surface area contributed by atoms with E-state index in [0.29, 0.717) is 19.4 Å². The van der Waals surface area contributed by atoms with Gasteiger partial charge in [0, 0.05) is 18.7 Å². The molecule has 0 fully saturated rings. The highest BCUT2D eigenvalue weighted by Gasteiger charge is 2.03. The van der Waals surface area contributed by atoms with Crippen LogP contribution in [0.4, 0.5) is 5.69 Å². The lowest BCUT2D eigenvalue weighted by atomic mass is 10.1. The van der Waals surface area contributed by atoms with Gasteiger partial charge in [-0.1, -0.05) is 36.4 Å². The Balaban J connectivity index is 1.78. The first-order valence-electron chi connectivity index (χ1n) is 6.97. The van der Waals surface area contributed by atoms with Gasteiger partial charge in [0.05, 0.1) is 6.61 Å². The molecule has 2 aromatic carbocycles. The minimum Gasteiger partial charge on any atom is -0.399 e. The van der Waals surface area contributed by atoms with Crippen molar-refractivity contribution in [1.29, 1.82) is 0 Å². The number of anilines is 1. The molecule has 4 N–H and O–H groups in total. The molecule has 0 aliphatic carbocycles. The molecular formula is C17H20N2O2. The number of hydrogen-bond donors (Lipinski definition) is 3. The first kappa shape index (κ1) is 15.1. The molecule has 110 valence electrons. The first-order valence-corrected chi connectivity index (χ1v) is 6.97. The van der Waals surface area contributed by atoms with Crippen LogP contribution in [0.1, 0.15) is 23.1 Å². The van der Waals surface area contributed by atoms with E-state index < -0.39 is 0 Å². The Morgan fingerprint density at radius 3 is 2.48 bits per heavy atom. The van der Waals surface area contributed by atoms with E-state index in [1.54, 1.807) is 0 Å². The highest BCUT2D eigenvalue weighted by molar-refractivity contribution is 5.76. The van der Waals surface area contributed by atoms with Crippen molar-refractivity contribution in [3.8, 4) is 0 Å². The number of amides is 1. The number of nitrogen functional groups attached to an aromatic ring is 1. The van der Waals surface area contributed by atoms with E-state index >= 15 is 0 Å². The minimum absolute atomic E-state index is 0.0128. The van der Waals surface area contributed by atoms with Gasteiger partial charge in [0.2, 0.25) is 5.91 Å². The lowest BCUT2D eigenvalue weighted by Crippen LogP contribution is -2.23. The van der Waals surface area contributed by atoms with Crippen LogP contribution in [0, 0.1) is 0 Å². The topological polar surface area (TPSA) is 75.4 Å². The van der Waals surface area contributed by atoms with Gasteiger partial charge in [-0.15, -0.1) is 0 Å². The average Bonchev–Trinajstić information content (AvgIpc) is 2.52. The Morgan fingerprint density at radius 2 is 1.76 bits per heavy atom. The molecule has 0 spiro atoms. The van der Waals surface area contributed by atoms with Crippen molar-refractivity contribution in [3.05, 3.63) is 65.2 Å². The highest BCUT2D eigenvalue weighted by Crippen LogP contribution is 2.08. The zero-order valence-electron chi connectivity index (χ0n) is 11.9. The van der Waals surface area contributed by atoms with Crippen molar-refractivity contribution in [2.45, 2.75) is 26.0 Å². The second kappa shape index (κ2) is 7.45. The lowest BCUT2D eigenvalue weighted by molar-refractivity contribution is -0.121. The molecule has 2 rings (SSSR count). The molecule has 0 saturated heterocycles. The maximum absolute atomic E-state index is 11.8. The number of aliphatic hydroxyl groups excluding tert-OH is 1. The molecular weight excluding hydrogens is 264 g/mol. The maximum Gasteiger partial charge on any atom is 0.220 e. The highest BCUT2D eigenvalue weighted by atomic mass is 16.3. The van der Waals surface area contributed by atoms with Crippen molar-refractivity contribution < 1.29 is 9.90 Å². The summed E-state index contributed by atoms with van der Waals surface area (Å²) >= 11 is 0. The summed E-state index contributed by atoms with van der Waals surface area (Å²) in [5, 5.41) is 12.0. The number of rotatable bonds is 6. The molecule has 0 atom stereocenters. The molecule has 4 nitrogen and oxygen atoms in total. The second-order valence-electron chi connectivity index (χ2n) is 5.00. The minimum atomic E-state index is 0.0128. The van der Waals surface area contributed by atoms with Gasteiger partial charge in [-0.3, -0.25) is 4.79 Å². The van der Waals surface area contributed by atoms with Crippen molar-refractivity contribution in [2.24, 2.45) is 0 Å². The summed E-state index contributed by atoms with van der Waals surface area (Å²) < 4.78 is 0. The molecule has 0 heterocycles. The Labute approximate surface area is 124 Å². The summed E-state index contributed by atoms with van der Waals surface area (Å²) in [5.74, 6) is 0.0150. The molecule has 1 amide bonds. The number of aryl methyl sites for hydroxylation is 1. The van der Waals surface area contributed by atoms with Crippen LogP contribution < -0.4 is 11.1 Å². The summed E-state index contributed by atoms with van der Waals surface area (Å²) in [6.45, 7) is 0.493. The van der Waals surface area contributed by atoms with Crippen LogP contribution in [-0.4, -0.2) is 11.0 Å². The SMILES string of the molecule is Nc1ccc(CCC(=O)NCc2cccc(CO)c2)cc1. The molecule has 21 heavy (non-hydrogen) atoms. The second-order valence-corrected chi connectivity index (χ2v) is 5.00. The van der Waals surface area contributed by atoms with Crippen LogP contribution >= 0.6 is 0 Å². The summed E-state index contributed by atoms with van der Waals surface area (Å²) in [6, 6.07) is 15.1. The van der Waals surface area contributed by atoms with E-state index in [2.05, 4.69) is 5.32 Å². The molecule has 0 aliphatic rings. The molecule has 0 unspecified atom stereocenters. The van der Waals surface area contributed by atoms with Crippen LogP contribution in [0.15, 0.2) is 48.5 Å². The van der Waals surface area contributed by atoms with Crippen molar-refractivity contribution >= 4 is 11.6 Å². The fourth-order valence-electron chi connectivity index (χ4n) is 2.07. The van der Waals surface area contributed by atoms with Gasteiger partial charge in [0.1, 0.15) is 0 Å². The normalized spacial score (nSPS) is 10.3. The van der Waals surface area contributed by atoms with Crippen LogP contribution in [0.25, 0.3) is 0 Å². The van der Waals surface area contributed by atoms with Gasteiger partial charge >= 0.3 is 0 Å². The number of nitrogens with one attached hydrogen (secondary N) is 1. The van der Waals surface area contributed by atoms with Crippen molar-refractivity contribution in [1.82, 2.24) is 5.32 Å². The summed E-state index contributed by atoms with van der Waals surface area (Å²) in [4.78, 5) is 11.8. The Hall–Kier alpha value is -2.33. The van der Waals surface area contributed by atoms with Crippen molar-refractivity contribution in [3.63, 3.8) is 0 Å². The van der Waals surface area contributed by atoms with E-state index in [4.69, 9.17) is 10.8 Å². The van der Waals surface area contributed by atoms with Gasteiger partial charge in [-0.2, -0.15) is 0 Å². The van der Waals surface area contributed by atoms with E-state index in [1.165, 1.54) is 0 Å². The predicted octanol–water partition coefficient (Wildman–Crippen LogP) is 2.01. The molecule has 0 radical (unpaired) electrons. The third-order valence-corrected chi connectivity index (χ3v) is 3.28. The van der Waals surface area contributed by atoms with E-state index in [0.717, 1.165) is 22.4 Å². The average molecular weight is 284 g/mol. The predicted molar refractivity (Wildman–Crippen MR) is 83.4 cm³/mol. The molecule has 0 bridgehead atoms. The van der Waals surface area contributed by atoms with Crippen LogP contribution in [0.3, 0.4) is 0 Å². The Morgan fingerprint density at radius 1 is 1.05 bits per heavy atom. The van der Waals surface area contributed by atoms with Crippen LogP contribution in [0.2, 0.25) is 0 Å². The lowest BCUT2D eigenvalue weighted by Gasteiger charge is -2.07. The van der Waals surface area contributed by atoms with Crippen LogP contribution in [-0.2, 0) is 24.4 Å². The third kappa shape index (κ3) is 4.93. The van der Waals surface area contributed by atoms with E-state index in [1.807, 2.05) is 48.5 Å². The molecule has 2 aromatic rings. The summed E-state index contributed by atoms with van der Waals surface area (Å²) in [6.07, 6.45) is 1.15. The first-order chi connectivity index (χ1) is 10.2. The standard InChI is InChI=1S/C17H20N2O2/c18-16-7-4-13(5-8-16)6-9-17(21)19-11-14-2-1-3-15(10-14)12-20/h1-5,7-8,10,20H,6,9,11-12,18H2,(H,19,21). The van der Waals surface area contributed by atoms with Gasteiger partial charge in [-0.25, -0.2) is 0 Å². The molecule has 0 aliphatic heterocycles. The Kier molecular flexibility index (Phi) is 5.35. The van der Waals surface area contributed by atoms with Gasteiger partial charge in [0.25, 0.3) is 0 Å². The van der Waals surface area contributed by atoms with E-state index in [9.17, 15) is 4.79 Å². The fourth-order valence-corrected chi connectivity index (χ4v) is 2.07. The quantitative estimate of drug-likeness (QED) is 0.710. The number of carbonyl (C=O) groups is 1. The van der Waals surface area contributed by atoms with Gasteiger partial charge < -0.3 is 16.2 Å². The number of aliphatic hydroxyl groups is 1. The summed E-state index contributed by atoms with van der Waals surface area (Å²) in [5.41, 5.74) is 9.29. The zero-order valence-corrected chi connectivity index (χ0v) is 11.9. The van der Waals surface area contributed by atoms with E-state index in [-0.39, 0.29) is 12.5 Å².